The molecule has 1 aliphatic rings. The third-order valence-corrected chi connectivity index (χ3v) is 5.95. The van der Waals surface area contributed by atoms with E-state index in [1.165, 1.54) is 0 Å². The Kier molecular flexibility index (Phi) is 4.82. The number of hydrogen-bond acceptors (Lipinski definition) is 4. The Bertz CT molecular complexity index is 1280. The molecule has 0 atom stereocenters. The summed E-state index contributed by atoms with van der Waals surface area (Å²) in [5.74, 6) is 0.833. The Morgan fingerprint density at radius 2 is 1.32 bits per heavy atom. The molecule has 1 saturated heterocycles. The van der Waals surface area contributed by atoms with E-state index in [4.69, 9.17) is 4.74 Å². The molecule has 1 fully saturated rings. The van der Waals surface area contributed by atoms with Crippen LogP contribution in [0, 0.1) is 0 Å². The van der Waals surface area contributed by atoms with Crippen molar-refractivity contribution in [1.82, 2.24) is 9.47 Å². The number of piperazine rings is 1. The minimum absolute atomic E-state index is 0.0451. The number of fused-ring (bicyclic) bond motifs is 2. The molecule has 4 aromatic rings. The van der Waals surface area contributed by atoms with Crippen molar-refractivity contribution in [3.63, 3.8) is 0 Å². The lowest BCUT2D eigenvalue weighted by Crippen LogP contribution is -2.50. The summed E-state index contributed by atoms with van der Waals surface area (Å²) in [6.07, 6.45) is 0. The van der Waals surface area contributed by atoms with Gasteiger partial charge in [0.05, 0.1) is 23.8 Å². The summed E-state index contributed by atoms with van der Waals surface area (Å²) in [4.78, 5) is 30.7. The number of aromatic nitrogens is 1. The number of rotatable bonds is 2. The lowest BCUT2D eigenvalue weighted by atomic mass is 10.1. The number of nitrogens with zero attached hydrogens (tertiary/aromatic N) is 3. The number of para-hydroxylation sites is 4. The Hall–Kier alpha value is -3.80. The Labute approximate surface area is 179 Å². The molecule has 3 aromatic carbocycles. The van der Waals surface area contributed by atoms with E-state index < -0.39 is 0 Å². The van der Waals surface area contributed by atoms with Crippen molar-refractivity contribution in [2.45, 2.75) is 0 Å². The van der Waals surface area contributed by atoms with Crippen molar-refractivity contribution < 1.29 is 9.53 Å². The standard InChI is InChI=1S/C25H23N3O3/c1-31-23-13-7-6-12-22(23)26-14-16-27(17-15-26)25(30)28-20-10-4-2-8-18(20)24(29)19-9-3-5-11-21(19)28/h2-13H,14-17H2,1H3. The van der Waals surface area contributed by atoms with Crippen LogP contribution in [0.3, 0.4) is 0 Å². The molecule has 5 rings (SSSR count). The molecule has 0 N–H and O–H groups in total. The number of amides is 1. The highest BCUT2D eigenvalue weighted by Crippen LogP contribution is 2.29. The fourth-order valence-electron chi connectivity index (χ4n) is 4.37. The van der Waals surface area contributed by atoms with Crippen LogP contribution in [-0.4, -0.2) is 48.8 Å². The van der Waals surface area contributed by atoms with Crippen LogP contribution < -0.4 is 15.1 Å². The van der Waals surface area contributed by atoms with E-state index in [-0.39, 0.29) is 11.5 Å². The van der Waals surface area contributed by atoms with Gasteiger partial charge in [0.2, 0.25) is 0 Å². The van der Waals surface area contributed by atoms with Gasteiger partial charge in [-0.3, -0.25) is 9.36 Å². The summed E-state index contributed by atoms with van der Waals surface area (Å²) >= 11 is 0. The van der Waals surface area contributed by atoms with E-state index in [0.717, 1.165) is 11.4 Å². The van der Waals surface area contributed by atoms with Gasteiger partial charge in [-0.25, -0.2) is 4.79 Å². The molecule has 6 heteroatoms. The highest BCUT2D eigenvalue weighted by molar-refractivity contribution is 6.02. The maximum absolute atomic E-state index is 13.6. The fraction of sp³-hybridized carbons (Fsp3) is 0.200. The number of anilines is 1. The van der Waals surface area contributed by atoms with Crippen LogP contribution in [0.15, 0.2) is 77.6 Å². The van der Waals surface area contributed by atoms with E-state index >= 15 is 0 Å². The van der Waals surface area contributed by atoms with Gasteiger partial charge in [-0.1, -0.05) is 36.4 Å². The molecule has 1 aromatic heterocycles. The molecule has 31 heavy (non-hydrogen) atoms. The molecular weight excluding hydrogens is 390 g/mol. The number of carbonyl (C=O) groups is 1. The molecule has 0 unspecified atom stereocenters. The van der Waals surface area contributed by atoms with E-state index in [1.807, 2.05) is 65.6 Å². The second-order valence-electron chi connectivity index (χ2n) is 7.63. The van der Waals surface area contributed by atoms with Gasteiger partial charge in [-0.2, -0.15) is 0 Å². The largest absolute Gasteiger partial charge is 0.495 e. The Morgan fingerprint density at radius 1 is 0.774 bits per heavy atom. The Balaban J connectivity index is 1.50. The molecule has 1 aliphatic heterocycles. The highest BCUT2D eigenvalue weighted by Gasteiger charge is 2.25. The zero-order valence-electron chi connectivity index (χ0n) is 17.3. The maximum Gasteiger partial charge on any atom is 0.329 e. The van der Waals surface area contributed by atoms with Crippen molar-refractivity contribution in [1.29, 1.82) is 0 Å². The van der Waals surface area contributed by atoms with Gasteiger partial charge in [0.25, 0.3) is 0 Å². The van der Waals surface area contributed by atoms with Crippen LogP contribution in [0.1, 0.15) is 0 Å². The van der Waals surface area contributed by atoms with Gasteiger partial charge < -0.3 is 14.5 Å². The molecule has 0 bridgehead atoms. The van der Waals surface area contributed by atoms with Crippen LogP contribution >= 0.6 is 0 Å². The number of ether oxygens (including phenoxy) is 1. The minimum atomic E-state index is -0.105. The first-order valence-electron chi connectivity index (χ1n) is 10.4. The van der Waals surface area contributed by atoms with Crippen molar-refractivity contribution in [2.24, 2.45) is 0 Å². The second kappa shape index (κ2) is 7.80. The number of hydrogen-bond donors (Lipinski definition) is 0. The van der Waals surface area contributed by atoms with E-state index in [9.17, 15) is 9.59 Å². The molecule has 0 saturated carbocycles. The normalized spacial score (nSPS) is 14.2. The SMILES string of the molecule is COc1ccccc1N1CCN(C(=O)n2c3ccccc3c(=O)c3ccccc32)CC1. The summed E-state index contributed by atoms with van der Waals surface area (Å²) in [5, 5.41) is 1.12. The van der Waals surface area contributed by atoms with Crippen LogP contribution in [0.4, 0.5) is 10.5 Å². The molecular formula is C25H23N3O3. The van der Waals surface area contributed by atoms with Crippen LogP contribution in [-0.2, 0) is 0 Å². The van der Waals surface area contributed by atoms with Crippen LogP contribution in [0.2, 0.25) is 0 Å². The Morgan fingerprint density at radius 3 is 1.94 bits per heavy atom. The predicted molar refractivity (Wildman–Crippen MR) is 123 cm³/mol. The van der Waals surface area contributed by atoms with E-state index in [2.05, 4.69) is 4.90 Å². The summed E-state index contributed by atoms with van der Waals surface area (Å²) in [5.41, 5.74) is 2.28. The second-order valence-corrected chi connectivity index (χ2v) is 7.63. The first kappa shape index (κ1) is 19.2. The molecule has 0 spiro atoms. The van der Waals surface area contributed by atoms with Gasteiger partial charge in [-0.05, 0) is 36.4 Å². The molecule has 0 radical (unpaired) electrons. The quantitative estimate of drug-likeness (QED) is 0.467. The van der Waals surface area contributed by atoms with Crippen LogP contribution in [0.5, 0.6) is 5.75 Å². The van der Waals surface area contributed by atoms with Gasteiger partial charge in [0.1, 0.15) is 5.75 Å². The zero-order chi connectivity index (χ0) is 21.4. The zero-order valence-corrected chi connectivity index (χ0v) is 17.3. The van der Waals surface area contributed by atoms with Crippen molar-refractivity contribution in [2.75, 3.05) is 38.2 Å². The monoisotopic (exact) mass is 413 g/mol. The highest BCUT2D eigenvalue weighted by atomic mass is 16.5. The maximum atomic E-state index is 13.6. The third kappa shape index (κ3) is 3.20. The summed E-state index contributed by atoms with van der Waals surface area (Å²) in [6.45, 7) is 2.60. The van der Waals surface area contributed by atoms with Crippen molar-refractivity contribution in [3.8, 4) is 5.75 Å². The summed E-state index contributed by atoms with van der Waals surface area (Å²) in [7, 11) is 1.67. The molecule has 1 amide bonds. The van der Waals surface area contributed by atoms with Gasteiger partial charge in [0, 0.05) is 37.0 Å². The summed E-state index contributed by atoms with van der Waals surface area (Å²) in [6, 6.07) is 22.5. The summed E-state index contributed by atoms with van der Waals surface area (Å²) < 4.78 is 7.18. The van der Waals surface area contributed by atoms with Crippen LogP contribution in [0.25, 0.3) is 21.8 Å². The third-order valence-electron chi connectivity index (χ3n) is 5.95. The average molecular weight is 413 g/mol. The van der Waals surface area contributed by atoms with Crippen molar-refractivity contribution in [3.05, 3.63) is 83.0 Å². The molecule has 6 nitrogen and oxygen atoms in total. The number of carbonyl (C=O) groups excluding carboxylic acids is 1. The topological polar surface area (TPSA) is 54.8 Å². The molecule has 0 aliphatic carbocycles. The lowest BCUT2D eigenvalue weighted by Gasteiger charge is -2.37. The van der Waals surface area contributed by atoms with E-state index in [1.54, 1.807) is 23.8 Å². The number of methoxy groups -OCH3 is 1. The first-order valence-corrected chi connectivity index (χ1v) is 10.4. The fourth-order valence-corrected chi connectivity index (χ4v) is 4.37. The minimum Gasteiger partial charge on any atom is -0.495 e. The lowest BCUT2D eigenvalue weighted by molar-refractivity contribution is 0.198. The smallest absolute Gasteiger partial charge is 0.329 e. The number of benzene rings is 3. The number of pyridine rings is 1. The first-order chi connectivity index (χ1) is 15.2. The van der Waals surface area contributed by atoms with Gasteiger partial charge in [-0.15, -0.1) is 0 Å². The van der Waals surface area contributed by atoms with E-state index in [0.29, 0.717) is 48.0 Å². The van der Waals surface area contributed by atoms with Gasteiger partial charge in [0.15, 0.2) is 5.43 Å². The average Bonchev–Trinajstić information content (AvgIpc) is 2.84. The van der Waals surface area contributed by atoms with Crippen molar-refractivity contribution >= 4 is 33.5 Å². The van der Waals surface area contributed by atoms with Gasteiger partial charge >= 0.3 is 6.03 Å². The molecule has 2 heterocycles. The molecule has 156 valence electrons. The predicted octanol–water partition coefficient (Wildman–Crippen LogP) is 3.95.